The summed E-state index contributed by atoms with van der Waals surface area (Å²) in [5.74, 6) is 0.157. The number of hydrogen-bond donors (Lipinski definition) is 0. The van der Waals surface area contributed by atoms with Crippen molar-refractivity contribution in [2.24, 2.45) is 0 Å². The Bertz CT molecular complexity index is 579. The van der Waals surface area contributed by atoms with Gasteiger partial charge in [0.15, 0.2) is 0 Å². The zero-order valence-corrected chi connectivity index (χ0v) is 11.7. The molecule has 98 valence electrons. The number of nitrogens with zero attached hydrogens (tertiary/aromatic N) is 2. The molecule has 0 radical (unpaired) electrons. The third-order valence-electron chi connectivity index (χ3n) is 3.53. The van der Waals surface area contributed by atoms with Gasteiger partial charge in [-0.3, -0.25) is 9.78 Å². The van der Waals surface area contributed by atoms with Crippen LogP contribution in [-0.4, -0.2) is 22.3 Å². The molecule has 3 heterocycles. The first-order chi connectivity index (χ1) is 9.25. The number of likely N-dealkylation sites (tertiary alicyclic amines) is 1. The van der Waals surface area contributed by atoms with Crippen LogP contribution in [0.1, 0.15) is 39.0 Å². The minimum Gasteiger partial charge on any atom is -0.331 e. The van der Waals surface area contributed by atoms with Crippen molar-refractivity contribution in [3.63, 3.8) is 0 Å². The smallest absolute Gasteiger partial charge is 0.264 e. The van der Waals surface area contributed by atoms with Crippen molar-refractivity contribution in [3.05, 3.63) is 52.0 Å². The third-order valence-corrected chi connectivity index (χ3v) is 4.52. The van der Waals surface area contributed by atoms with E-state index in [1.165, 1.54) is 4.88 Å². The summed E-state index contributed by atoms with van der Waals surface area (Å²) >= 11 is 1.57. The van der Waals surface area contributed by atoms with E-state index in [0.717, 1.165) is 29.8 Å². The maximum atomic E-state index is 12.6. The zero-order valence-electron chi connectivity index (χ0n) is 10.9. The summed E-state index contributed by atoms with van der Waals surface area (Å²) in [6.07, 6.45) is 5.74. The van der Waals surface area contributed by atoms with E-state index in [0.29, 0.717) is 0 Å². The second-order valence-corrected chi connectivity index (χ2v) is 6.14. The van der Waals surface area contributed by atoms with E-state index in [4.69, 9.17) is 0 Å². The van der Waals surface area contributed by atoms with Gasteiger partial charge in [-0.2, -0.15) is 0 Å². The Balaban J connectivity index is 1.86. The molecule has 1 saturated heterocycles. The maximum absolute atomic E-state index is 12.6. The first-order valence-electron chi connectivity index (χ1n) is 6.53. The van der Waals surface area contributed by atoms with Crippen LogP contribution >= 0.6 is 11.3 Å². The molecule has 0 aromatic carbocycles. The lowest BCUT2D eigenvalue weighted by atomic mass is 10.1. The lowest BCUT2D eigenvalue weighted by Gasteiger charge is -2.24. The summed E-state index contributed by atoms with van der Waals surface area (Å²) in [7, 11) is 0. The Morgan fingerprint density at radius 1 is 1.42 bits per heavy atom. The number of rotatable bonds is 2. The molecular weight excluding hydrogens is 256 g/mol. The molecule has 2 aromatic rings. The molecule has 2 aromatic heterocycles. The lowest BCUT2D eigenvalue weighted by molar-refractivity contribution is 0.0740. The van der Waals surface area contributed by atoms with Crippen molar-refractivity contribution in [3.8, 4) is 0 Å². The van der Waals surface area contributed by atoms with Gasteiger partial charge in [0.25, 0.3) is 5.91 Å². The van der Waals surface area contributed by atoms with Gasteiger partial charge >= 0.3 is 0 Å². The van der Waals surface area contributed by atoms with Crippen molar-refractivity contribution in [2.75, 3.05) is 6.54 Å². The second kappa shape index (κ2) is 5.13. The van der Waals surface area contributed by atoms with Gasteiger partial charge in [0.1, 0.15) is 0 Å². The third kappa shape index (κ3) is 2.40. The van der Waals surface area contributed by atoms with Gasteiger partial charge in [0, 0.05) is 23.8 Å². The normalized spacial score (nSPS) is 18.8. The quantitative estimate of drug-likeness (QED) is 0.839. The average Bonchev–Trinajstić information content (AvgIpc) is 3.07. The van der Waals surface area contributed by atoms with Gasteiger partial charge in [0.05, 0.1) is 10.9 Å². The van der Waals surface area contributed by atoms with Crippen molar-refractivity contribution in [2.45, 2.75) is 25.8 Å². The molecular formula is C15H16N2OS. The Hall–Kier alpha value is -1.68. The molecule has 1 atom stereocenters. The minimum absolute atomic E-state index is 0.157. The molecule has 0 bridgehead atoms. The molecule has 4 heteroatoms. The summed E-state index contributed by atoms with van der Waals surface area (Å²) in [6.45, 7) is 2.87. The second-order valence-electron chi connectivity index (χ2n) is 4.85. The summed E-state index contributed by atoms with van der Waals surface area (Å²) in [5.41, 5.74) is 1.14. The summed E-state index contributed by atoms with van der Waals surface area (Å²) < 4.78 is 0. The molecule has 1 unspecified atom stereocenters. The SMILES string of the molecule is Cc1ccc(C(=O)N2CCCC2c2cccnc2)s1. The maximum Gasteiger partial charge on any atom is 0.264 e. The minimum atomic E-state index is 0.157. The van der Waals surface area contributed by atoms with E-state index in [1.807, 2.05) is 36.2 Å². The summed E-state index contributed by atoms with van der Waals surface area (Å²) in [6, 6.07) is 8.12. The number of aromatic nitrogens is 1. The Morgan fingerprint density at radius 3 is 3.00 bits per heavy atom. The molecule has 0 saturated carbocycles. The zero-order chi connectivity index (χ0) is 13.2. The highest BCUT2D eigenvalue weighted by Crippen LogP contribution is 2.33. The van der Waals surface area contributed by atoms with Crippen LogP contribution in [0.3, 0.4) is 0 Å². The summed E-state index contributed by atoms with van der Waals surface area (Å²) in [4.78, 5) is 20.7. The highest BCUT2D eigenvalue weighted by molar-refractivity contribution is 7.13. The van der Waals surface area contributed by atoms with Gasteiger partial charge < -0.3 is 4.90 Å². The van der Waals surface area contributed by atoms with Gasteiger partial charge in [-0.15, -0.1) is 11.3 Å². The van der Waals surface area contributed by atoms with Crippen LogP contribution in [0.5, 0.6) is 0 Å². The molecule has 0 spiro atoms. The number of aryl methyl sites for hydroxylation is 1. The molecule has 1 amide bonds. The van der Waals surface area contributed by atoms with Crippen molar-refractivity contribution < 1.29 is 4.79 Å². The largest absolute Gasteiger partial charge is 0.331 e. The molecule has 1 fully saturated rings. The predicted molar refractivity (Wildman–Crippen MR) is 76.3 cm³/mol. The molecule has 1 aliphatic heterocycles. The molecule has 0 aliphatic carbocycles. The first kappa shape index (κ1) is 12.4. The van der Waals surface area contributed by atoms with Crippen molar-refractivity contribution >= 4 is 17.2 Å². The van der Waals surface area contributed by atoms with Crippen LogP contribution in [-0.2, 0) is 0 Å². The summed E-state index contributed by atoms with van der Waals surface area (Å²) in [5, 5.41) is 0. The first-order valence-corrected chi connectivity index (χ1v) is 7.34. The standard InChI is InChI=1S/C15H16N2OS/c1-11-6-7-14(19-11)15(18)17-9-3-5-13(17)12-4-2-8-16-10-12/h2,4,6-8,10,13H,3,5,9H2,1H3. The van der Waals surface area contributed by atoms with Crippen LogP contribution in [0.15, 0.2) is 36.7 Å². The van der Waals surface area contributed by atoms with Gasteiger partial charge in [0.2, 0.25) is 0 Å². The lowest BCUT2D eigenvalue weighted by Crippen LogP contribution is -2.29. The molecule has 19 heavy (non-hydrogen) atoms. The van der Waals surface area contributed by atoms with Crippen molar-refractivity contribution in [1.82, 2.24) is 9.88 Å². The average molecular weight is 272 g/mol. The number of hydrogen-bond acceptors (Lipinski definition) is 3. The highest BCUT2D eigenvalue weighted by atomic mass is 32.1. The fraction of sp³-hybridized carbons (Fsp3) is 0.333. The molecule has 3 nitrogen and oxygen atoms in total. The molecule has 1 aliphatic rings. The topological polar surface area (TPSA) is 33.2 Å². The van der Waals surface area contributed by atoms with E-state index in [1.54, 1.807) is 17.5 Å². The number of thiophene rings is 1. The Morgan fingerprint density at radius 2 is 2.32 bits per heavy atom. The molecule has 0 N–H and O–H groups in total. The van der Waals surface area contributed by atoms with Crippen molar-refractivity contribution in [1.29, 1.82) is 0 Å². The Kier molecular flexibility index (Phi) is 3.34. The van der Waals surface area contributed by atoms with Gasteiger partial charge in [-0.05, 0) is 43.5 Å². The highest BCUT2D eigenvalue weighted by Gasteiger charge is 2.31. The fourth-order valence-corrected chi connectivity index (χ4v) is 3.44. The number of pyridine rings is 1. The molecule has 3 rings (SSSR count). The Labute approximate surface area is 116 Å². The fourth-order valence-electron chi connectivity index (χ4n) is 2.62. The van der Waals surface area contributed by atoms with E-state index in [2.05, 4.69) is 11.1 Å². The van der Waals surface area contributed by atoms with Gasteiger partial charge in [-0.1, -0.05) is 6.07 Å². The van der Waals surface area contributed by atoms with E-state index >= 15 is 0 Å². The number of carbonyl (C=O) groups excluding carboxylic acids is 1. The van der Waals surface area contributed by atoms with Crippen LogP contribution in [0.2, 0.25) is 0 Å². The van der Waals surface area contributed by atoms with Crippen LogP contribution in [0.25, 0.3) is 0 Å². The van der Waals surface area contributed by atoms with Gasteiger partial charge in [-0.25, -0.2) is 0 Å². The van der Waals surface area contributed by atoms with Crippen LogP contribution in [0.4, 0.5) is 0 Å². The number of carbonyl (C=O) groups is 1. The van der Waals surface area contributed by atoms with Crippen LogP contribution < -0.4 is 0 Å². The van der Waals surface area contributed by atoms with E-state index < -0.39 is 0 Å². The monoisotopic (exact) mass is 272 g/mol. The van der Waals surface area contributed by atoms with E-state index in [9.17, 15) is 4.79 Å². The van der Waals surface area contributed by atoms with Crippen LogP contribution in [0, 0.1) is 6.92 Å². The number of amides is 1. The van der Waals surface area contributed by atoms with E-state index in [-0.39, 0.29) is 11.9 Å². The predicted octanol–water partition coefficient (Wildman–Crippen LogP) is 3.43.